The minimum atomic E-state index is 0.576. The van der Waals surface area contributed by atoms with Crippen molar-refractivity contribution in [3.63, 3.8) is 0 Å². The van der Waals surface area contributed by atoms with Crippen LogP contribution in [0.15, 0.2) is 54.6 Å². The van der Waals surface area contributed by atoms with Gasteiger partial charge in [-0.3, -0.25) is 0 Å². The number of anilines is 1. The molecule has 1 aliphatic rings. The molecule has 1 saturated heterocycles. The van der Waals surface area contributed by atoms with E-state index >= 15 is 0 Å². The lowest BCUT2D eigenvalue weighted by molar-refractivity contribution is 0.306. The summed E-state index contributed by atoms with van der Waals surface area (Å²) in [5.41, 5.74) is 2.24. The summed E-state index contributed by atoms with van der Waals surface area (Å²) < 4.78 is 5.84. The molecule has 0 saturated carbocycles. The Labute approximate surface area is 124 Å². The third-order valence-corrected chi connectivity index (χ3v) is 3.60. The third kappa shape index (κ3) is 2.91. The Kier molecular flexibility index (Phi) is 3.83. The Hall–Kier alpha value is -2.07. The van der Waals surface area contributed by atoms with E-state index in [1.165, 1.54) is 0 Å². The maximum absolute atomic E-state index is 5.84. The van der Waals surface area contributed by atoms with Crippen molar-refractivity contribution in [3.8, 4) is 5.75 Å². The van der Waals surface area contributed by atoms with Crippen molar-refractivity contribution in [2.45, 2.75) is 6.61 Å². The summed E-state index contributed by atoms with van der Waals surface area (Å²) in [6.45, 7) is 2.38. The fourth-order valence-corrected chi connectivity index (χ4v) is 2.50. The van der Waals surface area contributed by atoms with E-state index in [9.17, 15) is 0 Å². The van der Waals surface area contributed by atoms with Gasteiger partial charge in [-0.1, -0.05) is 36.4 Å². The molecule has 3 rings (SSSR count). The topological polar surface area (TPSA) is 24.5 Å². The van der Waals surface area contributed by atoms with E-state index in [2.05, 4.69) is 28.4 Å². The van der Waals surface area contributed by atoms with Gasteiger partial charge < -0.3 is 15.0 Å². The molecule has 0 bridgehead atoms. The van der Waals surface area contributed by atoms with E-state index in [0.717, 1.165) is 35.2 Å². The van der Waals surface area contributed by atoms with Crippen molar-refractivity contribution >= 4 is 23.0 Å². The van der Waals surface area contributed by atoms with Crippen molar-refractivity contribution in [2.75, 3.05) is 18.0 Å². The molecule has 0 atom stereocenters. The van der Waals surface area contributed by atoms with E-state index in [-0.39, 0.29) is 0 Å². The van der Waals surface area contributed by atoms with Gasteiger partial charge in [0.1, 0.15) is 12.4 Å². The first-order chi connectivity index (χ1) is 9.83. The number of nitrogens with one attached hydrogen (secondary N) is 1. The number of benzene rings is 2. The number of ether oxygens (including phenoxy) is 1. The van der Waals surface area contributed by atoms with Crippen molar-refractivity contribution in [1.29, 1.82) is 0 Å². The zero-order chi connectivity index (χ0) is 13.8. The van der Waals surface area contributed by atoms with Crippen LogP contribution in [0.5, 0.6) is 5.75 Å². The number of hydrogen-bond donors (Lipinski definition) is 1. The van der Waals surface area contributed by atoms with Gasteiger partial charge in [0.15, 0.2) is 5.11 Å². The number of thiocarbonyl (C=S) groups is 1. The molecule has 3 nitrogen and oxygen atoms in total. The van der Waals surface area contributed by atoms with Crippen LogP contribution in [0.25, 0.3) is 0 Å². The highest BCUT2D eigenvalue weighted by molar-refractivity contribution is 7.80. The normalized spacial score (nSPS) is 14.2. The molecular weight excluding hydrogens is 268 g/mol. The number of nitrogens with zero attached hydrogens (tertiary/aromatic N) is 1. The average molecular weight is 284 g/mol. The predicted molar refractivity (Wildman–Crippen MR) is 85.2 cm³/mol. The van der Waals surface area contributed by atoms with Gasteiger partial charge in [0.05, 0.1) is 0 Å². The maximum Gasteiger partial charge on any atom is 0.173 e. The molecule has 4 heteroatoms. The zero-order valence-electron chi connectivity index (χ0n) is 11.1. The van der Waals surface area contributed by atoms with E-state index < -0.39 is 0 Å². The summed E-state index contributed by atoms with van der Waals surface area (Å²) in [7, 11) is 0. The minimum absolute atomic E-state index is 0.576. The third-order valence-electron chi connectivity index (χ3n) is 3.23. The molecule has 0 spiro atoms. The lowest BCUT2D eigenvalue weighted by Crippen LogP contribution is -2.27. The van der Waals surface area contributed by atoms with Gasteiger partial charge in [-0.25, -0.2) is 0 Å². The van der Waals surface area contributed by atoms with E-state index in [0.29, 0.717) is 6.61 Å². The number of rotatable bonds is 4. The molecule has 1 N–H and O–H groups in total. The first kappa shape index (κ1) is 12.9. The summed E-state index contributed by atoms with van der Waals surface area (Å²) in [5.74, 6) is 0.862. The molecule has 1 heterocycles. The highest BCUT2D eigenvalue weighted by Gasteiger charge is 2.17. The van der Waals surface area contributed by atoms with Gasteiger partial charge in [0.25, 0.3) is 0 Å². The Morgan fingerprint density at radius 3 is 2.70 bits per heavy atom. The molecule has 0 amide bonds. The first-order valence-electron chi connectivity index (χ1n) is 6.65. The second-order valence-electron chi connectivity index (χ2n) is 4.66. The van der Waals surface area contributed by atoms with E-state index in [1.54, 1.807) is 0 Å². The van der Waals surface area contributed by atoms with Gasteiger partial charge in [-0.15, -0.1) is 0 Å². The second kappa shape index (κ2) is 5.92. The summed E-state index contributed by atoms with van der Waals surface area (Å²) >= 11 is 5.28. The lowest BCUT2D eigenvalue weighted by atomic mass is 10.2. The van der Waals surface area contributed by atoms with Gasteiger partial charge in [0.2, 0.25) is 0 Å². The number of hydrogen-bond acceptors (Lipinski definition) is 2. The quantitative estimate of drug-likeness (QED) is 0.872. The van der Waals surface area contributed by atoms with E-state index in [4.69, 9.17) is 17.0 Å². The van der Waals surface area contributed by atoms with Crippen LogP contribution < -0.4 is 15.0 Å². The molecule has 0 aliphatic carbocycles. The smallest absolute Gasteiger partial charge is 0.173 e. The maximum atomic E-state index is 5.84. The molecule has 1 aliphatic heterocycles. The van der Waals surface area contributed by atoms with Crippen molar-refractivity contribution in [3.05, 3.63) is 60.2 Å². The Balaban J connectivity index is 1.70. The van der Waals surface area contributed by atoms with Crippen LogP contribution in [-0.4, -0.2) is 18.2 Å². The molecule has 0 aromatic heterocycles. The standard InChI is InChI=1S/C16H16N2OS/c20-16-17-9-10-18(16)14-7-4-8-15(11-14)19-12-13-5-2-1-3-6-13/h1-8,11H,9-10,12H2,(H,17,20). The molecule has 2 aromatic carbocycles. The monoisotopic (exact) mass is 284 g/mol. The van der Waals surface area contributed by atoms with Gasteiger partial charge in [-0.2, -0.15) is 0 Å². The summed E-state index contributed by atoms with van der Waals surface area (Å²) in [4.78, 5) is 2.09. The van der Waals surface area contributed by atoms with Crippen LogP contribution in [0, 0.1) is 0 Å². The molecule has 20 heavy (non-hydrogen) atoms. The van der Waals surface area contributed by atoms with Crippen molar-refractivity contribution < 1.29 is 4.74 Å². The SMILES string of the molecule is S=C1NCCN1c1cccc(OCc2ccccc2)c1. The highest BCUT2D eigenvalue weighted by Crippen LogP contribution is 2.23. The highest BCUT2D eigenvalue weighted by atomic mass is 32.1. The summed E-state index contributed by atoms with van der Waals surface area (Å²) in [6.07, 6.45) is 0. The van der Waals surface area contributed by atoms with Crippen LogP contribution in [-0.2, 0) is 6.61 Å². The van der Waals surface area contributed by atoms with Gasteiger partial charge in [0, 0.05) is 24.8 Å². The fraction of sp³-hybridized carbons (Fsp3) is 0.188. The minimum Gasteiger partial charge on any atom is -0.489 e. The van der Waals surface area contributed by atoms with E-state index in [1.807, 2.05) is 36.4 Å². The van der Waals surface area contributed by atoms with Crippen LogP contribution in [0.1, 0.15) is 5.56 Å². The summed E-state index contributed by atoms with van der Waals surface area (Å²) in [5, 5.41) is 3.94. The Morgan fingerprint density at radius 1 is 1.10 bits per heavy atom. The van der Waals surface area contributed by atoms with Crippen LogP contribution >= 0.6 is 12.2 Å². The zero-order valence-corrected chi connectivity index (χ0v) is 11.9. The molecule has 0 radical (unpaired) electrons. The predicted octanol–water partition coefficient (Wildman–Crippen LogP) is 2.96. The first-order valence-corrected chi connectivity index (χ1v) is 7.06. The molecule has 2 aromatic rings. The Morgan fingerprint density at radius 2 is 1.95 bits per heavy atom. The molecule has 102 valence electrons. The largest absolute Gasteiger partial charge is 0.489 e. The van der Waals surface area contributed by atoms with Crippen molar-refractivity contribution in [1.82, 2.24) is 5.32 Å². The average Bonchev–Trinajstić information content (AvgIpc) is 2.93. The van der Waals surface area contributed by atoms with Crippen LogP contribution in [0.3, 0.4) is 0 Å². The molecule has 1 fully saturated rings. The van der Waals surface area contributed by atoms with Gasteiger partial charge in [-0.05, 0) is 29.9 Å². The van der Waals surface area contributed by atoms with Crippen molar-refractivity contribution in [2.24, 2.45) is 0 Å². The van der Waals surface area contributed by atoms with Crippen LogP contribution in [0.4, 0.5) is 5.69 Å². The second-order valence-corrected chi connectivity index (χ2v) is 5.04. The van der Waals surface area contributed by atoms with Gasteiger partial charge >= 0.3 is 0 Å². The lowest BCUT2D eigenvalue weighted by Gasteiger charge is -2.17. The fourth-order valence-electron chi connectivity index (χ4n) is 2.20. The summed E-state index contributed by atoms with van der Waals surface area (Å²) in [6, 6.07) is 18.2. The van der Waals surface area contributed by atoms with Crippen LogP contribution in [0.2, 0.25) is 0 Å². The molecule has 0 unspecified atom stereocenters. The Bertz CT molecular complexity index is 600. The molecular formula is C16H16N2OS.